The normalized spacial score (nSPS) is 17.1. The molecule has 1 aromatic heterocycles. The number of carboxylic acid groups (broad SMARTS) is 1. The number of hydrogen-bond acceptors (Lipinski definition) is 2. The average Bonchev–Trinajstić information content (AvgIpc) is 2.67. The first-order valence-electron chi connectivity index (χ1n) is 10.0. The molecule has 3 aromatic rings. The molecule has 0 aliphatic heterocycles. The SMILES string of the molecule is Cn1c(-c2ccc(C(=O)O)cc2)cc(=O)c2cc3c(cc21)C(C)(C)CCC3(C)C. The summed E-state index contributed by atoms with van der Waals surface area (Å²) in [6.45, 7) is 9.07. The molecule has 0 saturated carbocycles. The average molecular weight is 389 g/mol. The van der Waals surface area contributed by atoms with Crippen LogP contribution in [0.5, 0.6) is 0 Å². The maximum absolute atomic E-state index is 13.1. The molecular weight excluding hydrogens is 362 g/mol. The Morgan fingerprint density at radius 1 is 0.931 bits per heavy atom. The molecule has 4 rings (SSSR count). The third-order valence-corrected chi connectivity index (χ3v) is 6.65. The van der Waals surface area contributed by atoms with E-state index in [2.05, 4.69) is 39.8 Å². The summed E-state index contributed by atoms with van der Waals surface area (Å²) in [5, 5.41) is 9.87. The summed E-state index contributed by atoms with van der Waals surface area (Å²) in [7, 11) is 1.97. The number of benzene rings is 2. The van der Waals surface area contributed by atoms with E-state index in [-0.39, 0.29) is 21.8 Å². The fourth-order valence-electron chi connectivity index (χ4n) is 4.57. The van der Waals surface area contributed by atoms with E-state index < -0.39 is 5.97 Å². The quantitative estimate of drug-likeness (QED) is 0.651. The van der Waals surface area contributed by atoms with Gasteiger partial charge in [-0.2, -0.15) is 0 Å². The van der Waals surface area contributed by atoms with E-state index in [4.69, 9.17) is 5.11 Å². The van der Waals surface area contributed by atoms with Crippen LogP contribution in [0.2, 0.25) is 0 Å². The Hall–Kier alpha value is -2.88. The first-order valence-corrected chi connectivity index (χ1v) is 10.0. The summed E-state index contributed by atoms with van der Waals surface area (Å²) in [5.74, 6) is -0.958. The molecule has 0 bridgehead atoms. The number of aromatic nitrogens is 1. The molecule has 0 fully saturated rings. The Morgan fingerprint density at radius 3 is 2.03 bits per heavy atom. The van der Waals surface area contributed by atoms with E-state index in [0.717, 1.165) is 35.0 Å². The van der Waals surface area contributed by atoms with Gasteiger partial charge in [0.15, 0.2) is 5.43 Å². The lowest BCUT2D eigenvalue weighted by molar-refractivity contribution is 0.0697. The predicted octanol–water partition coefficient (Wildman–Crippen LogP) is 5.25. The Labute approximate surface area is 170 Å². The molecule has 29 heavy (non-hydrogen) atoms. The van der Waals surface area contributed by atoms with Gasteiger partial charge in [0.2, 0.25) is 0 Å². The van der Waals surface area contributed by atoms with Crippen molar-refractivity contribution in [3.63, 3.8) is 0 Å². The molecule has 0 saturated heterocycles. The molecule has 2 aromatic carbocycles. The van der Waals surface area contributed by atoms with E-state index in [1.54, 1.807) is 30.3 Å². The summed E-state index contributed by atoms with van der Waals surface area (Å²) in [5.41, 5.74) is 5.46. The molecule has 0 radical (unpaired) electrons. The van der Waals surface area contributed by atoms with Gasteiger partial charge in [-0.05, 0) is 64.6 Å². The fraction of sp³-hybridized carbons (Fsp3) is 0.360. The lowest BCUT2D eigenvalue weighted by Gasteiger charge is -2.42. The van der Waals surface area contributed by atoms with Crippen molar-refractivity contribution in [3.05, 3.63) is 69.4 Å². The van der Waals surface area contributed by atoms with Gasteiger partial charge in [-0.3, -0.25) is 4.79 Å². The number of aromatic carboxylic acids is 1. The lowest BCUT2D eigenvalue weighted by Crippen LogP contribution is -2.34. The molecule has 4 nitrogen and oxygen atoms in total. The van der Waals surface area contributed by atoms with Crippen LogP contribution in [0.4, 0.5) is 0 Å². The summed E-state index contributed by atoms with van der Waals surface area (Å²) in [6, 6.07) is 12.6. The number of carboxylic acids is 1. The van der Waals surface area contributed by atoms with Gasteiger partial charge >= 0.3 is 5.97 Å². The van der Waals surface area contributed by atoms with E-state index >= 15 is 0 Å². The van der Waals surface area contributed by atoms with Gasteiger partial charge in [0.25, 0.3) is 0 Å². The molecule has 1 heterocycles. The summed E-state index contributed by atoms with van der Waals surface area (Å²) in [6.07, 6.45) is 2.22. The van der Waals surface area contributed by atoms with Gasteiger partial charge in [0.05, 0.1) is 16.8 Å². The molecule has 1 N–H and O–H groups in total. The van der Waals surface area contributed by atoms with E-state index in [1.807, 2.05) is 11.6 Å². The molecule has 0 amide bonds. The monoisotopic (exact) mass is 389 g/mol. The molecule has 4 heteroatoms. The third-order valence-electron chi connectivity index (χ3n) is 6.65. The van der Waals surface area contributed by atoms with Crippen LogP contribution in [0.25, 0.3) is 22.2 Å². The highest BCUT2D eigenvalue weighted by molar-refractivity contribution is 5.89. The third kappa shape index (κ3) is 3.07. The van der Waals surface area contributed by atoms with Crippen molar-refractivity contribution in [1.82, 2.24) is 4.57 Å². The maximum atomic E-state index is 13.1. The van der Waals surface area contributed by atoms with Crippen LogP contribution >= 0.6 is 0 Å². The fourth-order valence-corrected chi connectivity index (χ4v) is 4.57. The number of rotatable bonds is 2. The topological polar surface area (TPSA) is 59.3 Å². The smallest absolute Gasteiger partial charge is 0.335 e. The highest BCUT2D eigenvalue weighted by Gasteiger charge is 2.37. The molecule has 1 aliphatic rings. The van der Waals surface area contributed by atoms with Crippen LogP contribution in [0.15, 0.2) is 47.3 Å². The number of carbonyl (C=O) groups is 1. The number of aryl methyl sites for hydroxylation is 1. The van der Waals surface area contributed by atoms with Crippen LogP contribution in [0.1, 0.15) is 62.0 Å². The maximum Gasteiger partial charge on any atom is 0.335 e. The van der Waals surface area contributed by atoms with Crippen LogP contribution in [-0.2, 0) is 17.9 Å². The number of hydrogen-bond donors (Lipinski definition) is 1. The Kier molecular flexibility index (Phi) is 4.23. The largest absolute Gasteiger partial charge is 0.478 e. The molecule has 1 aliphatic carbocycles. The van der Waals surface area contributed by atoms with Crippen molar-refractivity contribution in [2.75, 3.05) is 0 Å². The zero-order valence-electron chi connectivity index (χ0n) is 17.7. The lowest BCUT2D eigenvalue weighted by atomic mass is 9.63. The molecule has 0 atom stereocenters. The summed E-state index contributed by atoms with van der Waals surface area (Å²) in [4.78, 5) is 24.2. The van der Waals surface area contributed by atoms with Gasteiger partial charge in [0.1, 0.15) is 0 Å². The standard InChI is InChI=1S/C25H27NO3/c1-24(2)10-11-25(3,4)19-13-21-17(12-18(19)24)22(27)14-20(26(21)5)15-6-8-16(9-7-15)23(28)29/h6-9,12-14H,10-11H2,1-5H3,(H,28,29). The number of nitrogens with zero attached hydrogens (tertiary/aromatic N) is 1. The first kappa shape index (κ1) is 19.4. The van der Waals surface area contributed by atoms with Crippen molar-refractivity contribution in [1.29, 1.82) is 0 Å². The summed E-state index contributed by atoms with van der Waals surface area (Å²) < 4.78 is 2.05. The van der Waals surface area contributed by atoms with Crippen molar-refractivity contribution >= 4 is 16.9 Å². The minimum absolute atomic E-state index is 0.00242. The minimum atomic E-state index is -0.958. The van der Waals surface area contributed by atoms with Crippen LogP contribution in [0.3, 0.4) is 0 Å². The van der Waals surface area contributed by atoms with Crippen molar-refractivity contribution < 1.29 is 9.90 Å². The zero-order chi connectivity index (χ0) is 21.1. The molecular formula is C25H27NO3. The second kappa shape index (κ2) is 6.31. The first-order chi connectivity index (χ1) is 13.5. The van der Waals surface area contributed by atoms with E-state index in [0.29, 0.717) is 0 Å². The predicted molar refractivity (Wildman–Crippen MR) is 117 cm³/mol. The van der Waals surface area contributed by atoms with Crippen molar-refractivity contribution in [2.45, 2.75) is 51.4 Å². The van der Waals surface area contributed by atoms with Gasteiger partial charge in [0, 0.05) is 18.5 Å². The van der Waals surface area contributed by atoms with Gasteiger partial charge in [-0.15, -0.1) is 0 Å². The van der Waals surface area contributed by atoms with Gasteiger partial charge in [-0.25, -0.2) is 4.79 Å². The van der Waals surface area contributed by atoms with Crippen LogP contribution in [0, 0.1) is 0 Å². The van der Waals surface area contributed by atoms with Crippen LogP contribution < -0.4 is 5.43 Å². The second-order valence-corrected chi connectivity index (χ2v) is 9.52. The Morgan fingerprint density at radius 2 is 1.48 bits per heavy atom. The molecule has 0 unspecified atom stereocenters. The number of fused-ring (bicyclic) bond motifs is 2. The Balaban J connectivity index is 1.98. The number of pyridine rings is 1. The summed E-state index contributed by atoms with van der Waals surface area (Å²) >= 11 is 0. The minimum Gasteiger partial charge on any atom is -0.478 e. The molecule has 0 spiro atoms. The van der Waals surface area contributed by atoms with Crippen LogP contribution in [-0.4, -0.2) is 15.6 Å². The highest BCUT2D eigenvalue weighted by atomic mass is 16.4. The van der Waals surface area contributed by atoms with Gasteiger partial charge < -0.3 is 9.67 Å². The van der Waals surface area contributed by atoms with Gasteiger partial charge in [-0.1, -0.05) is 39.8 Å². The molecule has 150 valence electrons. The Bertz CT molecular complexity index is 1200. The zero-order valence-corrected chi connectivity index (χ0v) is 17.7. The van der Waals surface area contributed by atoms with E-state index in [9.17, 15) is 9.59 Å². The van der Waals surface area contributed by atoms with Crippen molar-refractivity contribution in [2.24, 2.45) is 7.05 Å². The van der Waals surface area contributed by atoms with E-state index in [1.165, 1.54) is 11.1 Å². The second-order valence-electron chi connectivity index (χ2n) is 9.52. The highest BCUT2D eigenvalue weighted by Crippen LogP contribution is 2.46. The van der Waals surface area contributed by atoms with Crippen molar-refractivity contribution in [3.8, 4) is 11.3 Å².